The summed E-state index contributed by atoms with van der Waals surface area (Å²) in [5, 5.41) is 0.762. The average Bonchev–Trinajstić information content (AvgIpc) is 2.49. The SMILES string of the molecule is CCC(C)(C)c1ccc(C(N)Cc2ccc(Cl)cc2)cc1. The number of hydrogen-bond acceptors (Lipinski definition) is 1. The van der Waals surface area contributed by atoms with Gasteiger partial charge in [0, 0.05) is 11.1 Å². The summed E-state index contributed by atoms with van der Waals surface area (Å²) in [4.78, 5) is 0. The molecule has 0 aliphatic rings. The summed E-state index contributed by atoms with van der Waals surface area (Å²) in [5.41, 5.74) is 10.3. The molecule has 0 saturated heterocycles. The van der Waals surface area contributed by atoms with Crippen LogP contribution in [0.3, 0.4) is 0 Å². The lowest BCUT2D eigenvalue weighted by atomic mass is 9.81. The fraction of sp³-hybridized carbons (Fsp3) is 0.368. The Morgan fingerprint density at radius 3 is 2.10 bits per heavy atom. The lowest BCUT2D eigenvalue weighted by molar-refractivity contribution is 0.506. The Morgan fingerprint density at radius 2 is 1.57 bits per heavy atom. The molecular weight excluding hydrogens is 278 g/mol. The standard InChI is InChI=1S/C19H24ClN/c1-4-19(2,3)16-9-7-15(8-10-16)18(21)13-14-5-11-17(20)12-6-14/h5-12,18H,4,13,21H2,1-3H3. The third-order valence-corrected chi connectivity index (χ3v) is 4.63. The van der Waals surface area contributed by atoms with Crippen LogP contribution in [0.1, 0.15) is 49.9 Å². The number of halogens is 1. The van der Waals surface area contributed by atoms with Crippen LogP contribution in [-0.2, 0) is 11.8 Å². The molecule has 2 aromatic carbocycles. The second-order valence-electron chi connectivity index (χ2n) is 6.30. The molecule has 2 N–H and O–H groups in total. The van der Waals surface area contributed by atoms with E-state index in [2.05, 4.69) is 45.0 Å². The van der Waals surface area contributed by atoms with Crippen molar-refractivity contribution in [1.82, 2.24) is 0 Å². The molecular formula is C19H24ClN. The summed E-state index contributed by atoms with van der Waals surface area (Å²) in [5.74, 6) is 0. The van der Waals surface area contributed by atoms with Crippen LogP contribution >= 0.6 is 11.6 Å². The fourth-order valence-corrected chi connectivity index (χ4v) is 2.50. The van der Waals surface area contributed by atoms with Crippen LogP contribution in [0.15, 0.2) is 48.5 Å². The first-order valence-electron chi connectivity index (χ1n) is 7.53. The molecule has 1 atom stereocenters. The van der Waals surface area contributed by atoms with Crippen molar-refractivity contribution in [3.63, 3.8) is 0 Å². The molecule has 2 rings (SSSR count). The maximum Gasteiger partial charge on any atom is 0.0406 e. The van der Waals surface area contributed by atoms with Gasteiger partial charge in [-0.2, -0.15) is 0 Å². The molecule has 2 aromatic rings. The lowest BCUT2D eigenvalue weighted by Crippen LogP contribution is -2.17. The summed E-state index contributed by atoms with van der Waals surface area (Å²) in [7, 11) is 0. The Hall–Kier alpha value is -1.31. The third-order valence-electron chi connectivity index (χ3n) is 4.37. The van der Waals surface area contributed by atoms with Crippen molar-refractivity contribution in [3.8, 4) is 0 Å². The van der Waals surface area contributed by atoms with Crippen molar-refractivity contribution in [2.24, 2.45) is 5.73 Å². The van der Waals surface area contributed by atoms with E-state index in [1.54, 1.807) is 0 Å². The minimum absolute atomic E-state index is 0.0185. The molecule has 112 valence electrons. The highest BCUT2D eigenvalue weighted by molar-refractivity contribution is 6.30. The van der Waals surface area contributed by atoms with E-state index in [1.165, 1.54) is 16.7 Å². The van der Waals surface area contributed by atoms with Gasteiger partial charge in [-0.1, -0.05) is 68.8 Å². The van der Waals surface area contributed by atoms with E-state index in [1.807, 2.05) is 24.3 Å². The summed E-state index contributed by atoms with van der Waals surface area (Å²) in [6.45, 7) is 6.77. The quantitative estimate of drug-likeness (QED) is 0.800. The van der Waals surface area contributed by atoms with E-state index < -0.39 is 0 Å². The Morgan fingerprint density at radius 1 is 1.00 bits per heavy atom. The highest BCUT2D eigenvalue weighted by Gasteiger charge is 2.18. The molecule has 0 radical (unpaired) electrons. The van der Waals surface area contributed by atoms with E-state index in [9.17, 15) is 0 Å². The van der Waals surface area contributed by atoms with Gasteiger partial charge in [0.05, 0.1) is 0 Å². The number of nitrogens with two attached hydrogens (primary N) is 1. The Labute approximate surface area is 133 Å². The zero-order chi connectivity index (χ0) is 15.5. The molecule has 0 aromatic heterocycles. The predicted molar refractivity (Wildman–Crippen MR) is 91.8 cm³/mol. The molecule has 0 fully saturated rings. The molecule has 0 amide bonds. The average molecular weight is 302 g/mol. The van der Waals surface area contributed by atoms with Gasteiger partial charge in [-0.3, -0.25) is 0 Å². The Kier molecular flexibility index (Phi) is 5.08. The zero-order valence-electron chi connectivity index (χ0n) is 13.1. The maximum absolute atomic E-state index is 6.32. The molecule has 0 bridgehead atoms. The second kappa shape index (κ2) is 6.64. The normalized spacial score (nSPS) is 13.2. The molecule has 0 heterocycles. The van der Waals surface area contributed by atoms with Crippen molar-refractivity contribution in [1.29, 1.82) is 0 Å². The molecule has 0 spiro atoms. The second-order valence-corrected chi connectivity index (χ2v) is 6.73. The van der Waals surface area contributed by atoms with Crippen molar-refractivity contribution >= 4 is 11.6 Å². The van der Waals surface area contributed by atoms with Gasteiger partial charge >= 0.3 is 0 Å². The van der Waals surface area contributed by atoms with Crippen LogP contribution in [0.2, 0.25) is 5.02 Å². The molecule has 0 aliphatic heterocycles. The van der Waals surface area contributed by atoms with Gasteiger partial charge in [0.25, 0.3) is 0 Å². The molecule has 2 heteroatoms. The van der Waals surface area contributed by atoms with E-state index in [4.69, 9.17) is 17.3 Å². The molecule has 1 unspecified atom stereocenters. The number of rotatable bonds is 5. The predicted octanol–water partition coefficient (Wildman–Crippen LogP) is 5.27. The number of hydrogen-bond donors (Lipinski definition) is 1. The van der Waals surface area contributed by atoms with Crippen LogP contribution in [0, 0.1) is 0 Å². The van der Waals surface area contributed by atoms with Crippen molar-refractivity contribution < 1.29 is 0 Å². The van der Waals surface area contributed by atoms with Gasteiger partial charge in [-0.25, -0.2) is 0 Å². The van der Waals surface area contributed by atoms with Crippen molar-refractivity contribution in [2.45, 2.75) is 45.1 Å². The van der Waals surface area contributed by atoms with E-state index in [0.29, 0.717) is 0 Å². The van der Waals surface area contributed by atoms with Gasteiger partial charge in [0.15, 0.2) is 0 Å². The zero-order valence-corrected chi connectivity index (χ0v) is 13.8. The van der Waals surface area contributed by atoms with Gasteiger partial charge in [0.2, 0.25) is 0 Å². The summed E-state index contributed by atoms with van der Waals surface area (Å²) in [6.07, 6.45) is 1.96. The van der Waals surface area contributed by atoms with Gasteiger partial charge in [-0.05, 0) is 47.1 Å². The first-order valence-corrected chi connectivity index (χ1v) is 7.90. The van der Waals surface area contributed by atoms with Crippen molar-refractivity contribution in [2.75, 3.05) is 0 Å². The highest BCUT2D eigenvalue weighted by Crippen LogP contribution is 2.28. The first-order chi connectivity index (χ1) is 9.92. The largest absolute Gasteiger partial charge is 0.324 e. The monoisotopic (exact) mass is 301 g/mol. The smallest absolute Gasteiger partial charge is 0.0406 e. The van der Waals surface area contributed by atoms with E-state index >= 15 is 0 Å². The molecule has 21 heavy (non-hydrogen) atoms. The summed E-state index contributed by atoms with van der Waals surface area (Å²) >= 11 is 5.91. The van der Waals surface area contributed by atoms with Gasteiger partial charge < -0.3 is 5.73 Å². The topological polar surface area (TPSA) is 26.0 Å². The summed E-state index contributed by atoms with van der Waals surface area (Å²) < 4.78 is 0. The number of benzene rings is 2. The minimum Gasteiger partial charge on any atom is -0.324 e. The van der Waals surface area contributed by atoms with Crippen LogP contribution in [0.25, 0.3) is 0 Å². The van der Waals surface area contributed by atoms with Gasteiger partial charge in [0.1, 0.15) is 0 Å². The van der Waals surface area contributed by atoms with Crippen LogP contribution in [-0.4, -0.2) is 0 Å². The summed E-state index contributed by atoms with van der Waals surface area (Å²) in [6, 6.07) is 16.7. The maximum atomic E-state index is 6.32. The van der Waals surface area contributed by atoms with Crippen LogP contribution < -0.4 is 5.73 Å². The molecule has 0 saturated carbocycles. The highest BCUT2D eigenvalue weighted by atomic mass is 35.5. The third kappa shape index (κ3) is 4.09. The van der Waals surface area contributed by atoms with Gasteiger partial charge in [-0.15, -0.1) is 0 Å². The van der Waals surface area contributed by atoms with Crippen LogP contribution in [0.4, 0.5) is 0 Å². The Bertz CT molecular complexity index is 570. The minimum atomic E-state index is 0.0185. The Balaban J connectivity index is 2.09. The van der Waals surface area contributed by atoms with E-state index in [0.717, 1.165) is 17.9 Å². The fourth-order valence-electron chi connectivity index (χ4n) is 2.38. The van der Waals surface area contributed by atoms with Crippen molar-refractivity contribution in [3.05, 3.63) is 70.2 Å². The lowest BCUT2D eigenvalue weighted by Gasteiger charge is -2.24. The van der Waals surface area contributed by atoms with Crippen LogP contribution in [0.5, 0.6) is 0 Å². The molecule has 1 nitrogen and oxygen atoms in total. The first kappa shape index (κ1) is 16.1. The molecule has 0 aliphatic carbocycles. The van der Waals surface area contributed by atoms with E-state index in [-0.39, 0.29) is 11.5 Å².